The smallest absolute Gasteiger partial charge is 0.123 e. The van der Waals surface area contributed by atoms with E-state index < -0.39 is 0 Å². The van der Waals surface area contributed by atoms with Gasteiger partial charge < -0.3 is 5.73 Å². The molecule has 2 atom stereocenters. The third-order valence-corrected chi connectivity index (χ3v) is 3.86. The highest BCUT2D eigenvalue weighted by molar-refractivity contribution is 5.30. The molecule has 0 radical (unpaired) electrons. The number of nitrogens with zero attached hydrogens (tertiary/aromatic N) is 1. The van der Waals surface area contributed by atoms with Crippen LogP contribution in [0.3, 0.4) is 0 Å². The van der Waals surface area contributed by atoms with Crippen LogP contribution in [0, 0.1) is 18.7 Å². The molecule has 0 bridgehead atoms. The fraction of sp³-hybridized carbons (Fsp3) is 0.571. The van der Waals surface area contributed by atoms with Crippen molar-refractivity contribution in [2.75, 3.05) is 20.1 Å². The Morgan fingerprint density at radius 3 is 2.88 bits per heavy atom. The van der Waals surface area contributed by atoms with Crippen molar-refractivity contribution in [3.8, 4) is 0 Å². The maximum Gasteiger partial charge on any atom is 0.123 e. The van der Waals surface area contributed by atoms with Crippen LogP contribution >= 0.6 is 0 Å². The second kappa shape index (κ2) is 5.15. The number of piperidine rings is 1. The van der Waals surface area contributed by atoms with E-state index in [0.717, 1.165) is 12.1 Å². The van der Waals surface area contributed by atoms with E-state index >= 15 is 0 Å². The van der Waals surface area contributed by atoms with Crippen LogP contribution < -0.4 is 5.73 Å². The predicted octanol–water partition coefficient (Wildman–Crippen LogP) is 2.48. The number of benzene rings is 1. The van der Waals surface area contributed by atoms with Gasteiger partial charge >= 0.3 is 0 Å². The van der Waals surface area contributed by atoms with Crippen molar-refractivity contribution in [1.82, 2.24) is 4.90 Å². The summed E-state index contributed by atoms with van der Waals surface area (Å²) in [5, 5.41) is 0. The molecule has 1 heterocycles. The highest BCUT2D eigenvalue weighted by atomic mass is 19.1. The Morgan fingerprint density at radius 2 is 2.24 bits per heavy atom. The molecule has 94 valence electrons. The number of hydrogen-bond donors (Lipinski definition) is 1. The molecule has 1 saturated heterocycles. The molecule has 2 nitrogen and oxygen atoms in total. The normalized spacial score (nSPS) is 26.1. The van der Waals surface area contributed by atoms with Crippen molar-refractivity contribution >= 4 is 0 Å². The molecular weight excluding hydrogens is 215 g/mol. The lowest BCUT2D eigenvalue weighted by molar-refractivity contribution is 0.125. The van der Waals surface area contributed by atoms with Crippen molar-refractivity contribution in [2.24, 2.45) is 11.7 Å². The van der Waals surface area contributed by atoms with E-state index in [1.54, 1.807) is 12.1 Å². The molecular formula is C14H21FN2. The fourth-order valence-electron chi connectivity index (χ4n) is 2.97. The first kappa shape index (κ1) is 12.5. The second-order valence-electron chi connectivity index (χ2n) is 5.06. The molecule has 3 heteroatoms. The van der Waals surface area contributed by atoms with Crippen LogP contribution in [0.5, 0.6) is 0 Å². The van der Waals surface area contributed by atoms with E-state index in [9.17, 15) is 4.39 Å². The van der Waals surface area contributed by atoms with Gasteiger partial charge in [-0.25, -0.2) is 4.39 Å². The van der Waals surface area contributed by atoms with Gasteiger partial charge in [0.25, 0.3) is 0 Å². The van der Waals surface area contributed by atoms with Crippen molar-refractivity contribution in [3.63, 3.8) is 0 Å². The molecule has 0 aliphatic carbocycles. The average molecular weight is 236 g/mol. The van der Waals surface area contributed by atoms with E-state index in [0.29, 0.717) is 18.5 Å². The number of halogens is 1. The topological polar surface area (TPSA) is 29.3 Å². The Morgan fingerprint density at radius 1 is 1.47 bits per heavy atom. The van der Waals surface area contributed by atoms with Gasteiger partial charge in [-0.3, -0.25) is 4.90 Å². The molecule has 1 aromatic rings. The maximum absolute atomic E-state index is 13.2. The zero-order valence-corrected chi connectivity index (χ0v) is 10.6. The zero-order chi connectivity index (χ0) is 12.4. The van der Waals surface area contributed by atoms with E-state index in [1.807, 2.05) is 13.0 Å². The molecule has 1 aromatic carbocycles. The van der Waals surface area contributed by atoms with Crippen LogP contribution in [0.25, 0.3) is 0 Å². The minimum atomic E-state index is -0.158. The van der Waals surface area contributed by atoms with Crippen LogP contribution in [0.15, 0.2) is 18.2 Å². The van der Waals surface area contributed by atoms with Crippen molar-refractivity contribution < 1.29 is 4.39 Å². The summed E-state index contributed by atoms with van der Waals surface area (Å²) in [4.78, 5) is 2.35. The number of hydrogen-bond acceptors (Lipinski definition) is 2. The van der Waals surface area contributed by atoms with Crippen LogP contribution in [0.2, 0.25) is 0 Å². The van der Waals surface area contributed by atoms with Gasteiger partial charge in [-0.2, -0.15) is 0 Å². The van der Waals surface area contributed by atoms with Crippen LogP contribution in [0.4, 0.5) is 4.39 Å². The minimum absolute atomic E-state index is 0.158. The lowest BCUT2D eigenvalue weighted by Crippen LogP contribution is -2.39. The summed E-state index contributed by atoms with van der Waals surface area (Å²) < 4.78 is 13.2. The molecule has 0 saturated carbocycles. The van der Waals surface area contributed by atoms with Gasteiger partial charge in [0.05, 0.1) is 0 Å². The Hall–Kier alpha value is -0.930. The van der Waals surface area contributed by atoms with Gasteiger partial charge in [-0.1, -0.05) is 6.07 Å². The van der Waals surface area contributed by atoms with Crippen LogP contribution in [-0.4, -0.2) is 25.0 Å². The van der Waals surface area contributed by atoms with Gasteiger partial charge in [0.2, 0.25) is 0 Å². The van der Waals surface area contributed by atoms with E-state index in [4.69, 9.17) is 5.73 Å². The number of likely N-dealkylation sites (tertiary alicyclic amines) is 1. The van der Waals surface area contributed by atoms with Crippen molar-refractivity contribution in [3.05, 3.63) is 35.1 Å². The molecule has 2 rings (SSSR count). The summed E-state index contributed by atoms with van der Waals surface area (Å²) in [6, 6.07) is 5.43. The first-order valence-electron chi connectivity index (χ1n) is 6.30. The lowest BCUT2D eigenvalue weighted by atomic mass is 9.83. The molecule has 0 aromatic heterocycles. The summed E-state index contributed by atoms with van der Waals surface area (Å²) in [5.74, 6) is 0.326. The molecule has 2 unspecified atom stereocenters. The Kier molecular flexibility index (Phi) is 3.79. The largest absolute Gasteiger partial charge is 0.330 e. The number of aryl methyl sites for hydroxylation is 1. The van der Waals surface area contributed by atoms with Gasteiger partial charge in [-0.05, 0) is 69.1 Å². The van der Waals surface area contributed by atoms with E-state index in [2.05, 4.69) is 11.9 Å². The van der Waals surface area contributed by atoms with Crippen LogP contribution in [-0.2, 0) is 0 Å². The summed E-state index contributed by atoms with van der Waals surface area (Å²) in [7, 11) is 2.13. The van der Waals surface area contributed by atoms with E-state index in [1.165, 1.54) is 18.4 Å². The van der Waals surface area contributed by atoms with Gasteiger partial charge in [0.15, 0.2) is 0 Å². The lowest BCUT2D eigenvalue weighted by Gasteiger charge is -2.39. The van der Waals surface area contributed by atoms with E-state index in [-0.39, 0.29) is 5.82 Å². The van der Waals surface area contributed by atoms with Crippen LogP contribution in [0.1, 0.15) is 30.0 Å². The molecule has 2 N–H and O–H groups in total. The summed E-state index contributed by atoms with van der Waals surface area (Å²) >= 11 is 0. The molecule has 17 heavy (non-hydrogen) atoms. The van der Waals surface area contributed by atoms with Gasteiger partial charge in [0, 0.05) is 6.04 Å². The molecule has 1 aliphatic rings. The quantitative estimate of drug-likeness (QED) is 0.854. The first-order valence-corrected chi connectivity index (χ1v) is 6.30. The predicted molar refractivity (Wildman–Crippen MR) is 68.3 cm³/mol. The first-order chi connectivity index (χ1) is 8.13. The number of nitrogens with two attached hydrogens (primary N) is 1. The molecule has 0 amide bonds. The standard InChI is InChI=1S/C14H21FN2/c1-10-8-12(15)5-6-13(10)14-11(9-16)4-3-7-17(14)2/h5-6,8,11,14H,3-4,7,9,16H2,1-2H3. The Labute approximate surface area is 103 Å². The van der Waals surface area contributed by atoms with Gasteiger partial charge in [-0.15, -0.1) is 0 Å². The fourth-order valence-corrected chi connectivity index (χ4v) is 2.97. The summed E-state index contributed by atoms with van der Waals surface area (Å²) in [6.07, 6.45) is 2.37. The van der Waals surface area contributed by atoms with Crippen molar-refractivity contribution in [2.45, 2.75) is 25.8 Å². The number of rotatable bonds is 2. The molecule has 1 aliphatic heterocycles. The maximum atomic E-state index is 13.2. The third kappa shape index (κ3) is 2.50. The Balaban J connectivity index is 2.34. The van der Waals surface area contributed by atoms with Gasteiger partial charge in [0.1, 0.15) is 5.82 Å². The van der Waals surface area contributed by atoms with Crippen molar-refractivity contribution in [1.29, 1.82) is 0 Å². The average Bonchev–Trinajstić information content (AvgIpc) is 2.30. The third-order valence-electron chi connectivity index (χ3n) is 3.86. The molecule has 1 fully saturated rings. The highest BCUT2D eigenvalue weighted by Gasteiger charge is 2.30. The summed E-state index contributed by atoms with van der Waals surface area (Å²) in [6.45, 7) is 3.78. The SMILES string of the molecule is Cc1cc(F)ccc1C1C(CN)CCCN1C. The molecule has 0 spiro atoms. The minimum Gasteiger partial charge on any atom is -0.330 e. The highest BCUT2D eigenvalue weighted by Crippen LogP contribution is 2.35. The summed E-state index contributed by atoms with van der Waals surface area (Å²) in [5.41, 5.74) is 8.13. The second-order valence-corrected chi connectivity index (χ2v) is 5.06. The monoisotopic (exact) mass is 236 g/mol. The Bertz CT molecular complexity index is 392. The zero-order valence-electron chi connectivity index (χ0n) is 10.6.